The average Bonchev–Trinajstić information content (AvgIpc) is 3.12. The highest BCUT2D eigenvalue weighted by Gasteiger charge is 2.45. The molecule has 22 heavy (non-hydrogen) atoms. The molecule has 2 aromatic heterocycles. The molecule has 0 amide bonds. The predicted molar refractivity (Wildman–Crippen MR) is 88.3 cm³/mol. The molecule has 4 heterocycles. The van der Waals surface area contributed by atoms with E-state index >= 15 is 0 Å². The molecule has 1 saturated heterocycles. The molecular formula is C15H17N5OS. The molecule has 4 rings (SSSR count). The first-order valence-corrected chi connectivity index (χ1v) is 8.16. The van der Waals surface area contributed by atoms with E-state index in [1.165, 1.54) is 11.3 Å². The van der Waals surface area contributed by atoms with E-state index in [0.717, 1.165) is 35.0 Å². The normalized spacial score (nSPS) is 27.6. The Hall–Kier alpha value is -1.99. The minimum absolute atomic E-state index is 0.308. The van der Waals surface area contributed by atoms with Crippen LogP contribution in [0.2, 0.25) is 0 Å². The fourth-order valence-electron chi connectivity index (χ4n) is 3.01. The SMILES string of the molecule is C=CC1CCNCC12CN=C(Nc1nc3cccnc3s1)O2. The van der Waals surface area contributed by atoms with Gasteiger partial charge in [0.05, 0.1) is 6.54 Å². The van der Waals surface area contributed by atoms with Crippen LogP contribution in [0.15, 0.2) is 36.0 Å². The molecule has 2 atom stereocenters. The summed E-state index contributed by atoms with van der Waals surface area (Å²) in [6.45, 7) is 6.37. The molecule has 6 nitrogen and oxygen atoms in total. The van der Waals surface area contributed by atoms with Gasteiger partial charge in [-0.15, -0.1) is 6.58 Å². The monoisotopic (exact) mass is 315 g/mol. The fraction of sp³-hybridized carbons (Fsp3) is 0.400. The number of hydrogen-bond acceptors (Lipinski definition) is 7. The molecule has 0 bridgehead atoms. The van der Waals surface area contributed by atoms with Crippen molar-refractivity contribution in [2.45, 2.75) is 12.0 Å². The molecule has 2 aliphatic heterocycles. The van der Waals surface area contributed by atoms with Gasteiger partial charge in [0.1, 0.15) is 10.3 Å². The Morgan fingerprint density at radius 1 is 1.55 bits per heavy atom. The zero-order chi connectivity index (χ0) is 15.0. The van der Waals surface area contributed by atoms with Gasteiger partial charge in [-0.1, -0.05) is 17.4 Å². The van der Waals surface area contributed by atoms with Crippen LogP contribution in [0.3, 0.4) is 0 Å². The smallest absolute Gasteiger partial charge is 0.291 e. The Morgan fingerprint density at radius 3 is 3.36 bits per heavy atom. The number of nitrogens with zero attached hydrogens (tertiary/aromatic N) is 3. The lowest BCUT2D eigenvalue weighted by molar-refractivity contribution is 0.0234. The van der Waals surface area contributed by atoms with E-state index in [4.69, 9.17) is 4.74 Å². The molecule has 2 aliphatic rings. The van der Waals surface area contributed by atoms with E-state index in [-0.39, 0.29) is 5.60 Å². The molecule has 2 aromatic rings. The molecule has 0 saturated carbocycles. The zero-order valence-corrected chi connectivity index (χ0v) is 12.9. The molecular weight excluding hydrogens is 298 g/mol. The second kappa shape index (κ2) is 5.33. The molecule has 0 aromatic carbocycles. The van der Waals surface area contributed by atoms with E-state index in [9.17, 15) is 0 Å². The first-order chi connectivity index (χ1) is 10.8. The Morgan fingerprint density at radius 2 is 2.50 bits per heavy atom. The minimum atomic E-state index is -0.308. The standard InChI is InChI=1S/C15H17N5OS/c1-2-10-5-7-16-8-15(10)9-18-13(21-15)20-14-19-11-4-3-6-17-12(11)22-14/h2-4,6,10,16H,1,5,7-9H2,(H,18,19,20). The van der Waals surface area contributed by atoms with Crippen molar-refractivity contribution in [3.8, 4) is 0 Å². The molecule has 0 aliphatic carbocycles. The number of nitrogens with one attached hydrogen (secondary N) is 2. The first kappa shape index (κ1) is 13.7. The van der Waals surface area contributed by atoms with Gasteiger partial charge in [0.2, 0.25) is 0 Å². The number of rotatable bonds is 2. The molecule has 1 fully saturated rings. The van der Waals surface area contributed by atoms with Crippen LogP contribution in [0.4, 0.5) is 5.13 Å². The van der Waals surface area contributed by atoms with E-state index in [1.54, 1.807) is 6.20 Å². The van der Waals surface area contributed by atoms with Gasteiger partial charge in [0, 0.05) is 18.7 Å². The summed E-state index contributed by atoms with van der Waals surface area (Å²) in [6.07, 6.45) is 4.78. The van der Waals surface area contributed by atoms with Gasteiger partial charge in [-0.3, -0.25) is 5.32 Å². The second-order valence-electron chi connectivity index (χ2n) is 5.57. The number of pyridine rings is 1. The van der Waals surface area contributed by atoms with Crippen molar-refractivity contribution in [3.05, 3.63) is 31.0 Å². The van der Waals surface area contributed by atoms with Crippen molar-refractivity contribution in [1.82, 2.24) is 15.3 Å². The van der Waals surface area contributed by atoms with Crippen molar-refractivity contribution in [1.29, 1.82) is 0 Å². The maximum atomic E-state index is 6.14. The summed E-state index contributed by atoms with van der Waals surface area (Å²) in [5.41, 5.74) is 0.573. The second-order valence-corrected chi connectivity index (χ2v) is 6.55. The number of hydrogen-bond donors (Lipinski definition) is 2. The molecule has 2 unspecified atom stereocenters. The molecule has 1 spiro atoms. The Bertz CT molecular complexity index is 709. The van der Waals surface area contributed by atoms with Crippen molar-refractivity contribution in [2.75, 3.05) is 25.0 Å². The van der Waals surface area contributed by atoms with Crippen LogP contribution in [-0.4, -0.2) is 41.2 Å². The van der Waals surface area contributed by atoms with Crippen LogP contribution < -0.4 is 10.6 Å². The summed E-state index contributed by atoms with van der Waals surface area (Å²) in [6, 6.07) is 4.36. The van der Waals surface area contributed by atoms with Gasteiger partial charge in [-0.2, -0.15) is 0 Å². The number of aromatic nitrogens is 2. The van der Waals surface area contributed by atoms with E-state index in [2.05, 4.69) is 32.2 Å². The van der Waals surface area contributed by atoms with Gasteiger partial charge in [0.25, 0.3) is 6.02 Å². The largest absolute Gasteiger partial charge is 0.454 e. The average molecular weight is 315 g/mol. The molecule has 7 heteroatoms. The van der Waals surface area contributed by atoms with Crippen LogP contribution in [-0.2, 0) is 4.74 Å². The zero-order valence-electron chi connectivity index (χ0n) is 12.1. The van der Waals surface area contributed by atoms with Crippen LogP contribution >= 0.6 is 11.3 Å². The van der Waals surface area contributed by atoms with Gasteiger partial charge in [0.15, 0.2) is 10.7 Å². The lowest BCUT2D eigenvalue weighted by Gasteiger charge is -2.38. The molecule has 2 N–H and O–H groups in total. The number of aliphatic imine (C=N–C) groups is 1. The summed E-state index contributed by atoms with van der Waals surface area (Å²) in [5, 5.41) is 7.32. The van der Waals surface area contributed by atoms with Gasteiger partial charge >= 0.3 is 0 Å². The highest BCUT2D eigenvalue weighted by Crippen LogP contribution is 2.33. The van der Waals surface area contributed by atoms with E-state index in [1.807, 2.05) is 18.2 Å². The molecule has 114 valence electrons. The van der Waals surface area contributed by atoms with Crippen molar-refractivity contribution < 1.29 is 4.74 Å². The maximum absolute atomic E-state index is 6.14. The number of fused-ring (bicyclic) bond motifs is 1. The van der Waals surface area contributed by atoms with Crippen LogP contribution in [0.5, 0.6) is 0 Å². The quantitative estimate of drug-likeness (QED) is 0.830. The number of anilines is 1. The van der Waals surface area contributed by atoms with Crippen molar-refractivity contribution in [3.63, 3.8) is 0 Å². The van der Waals surface area contributed by atoms with Crippen LogP contribution in [0, 0.1) is 5.92 Å². The van der Waals surface area contributed by atoms with Crippen molar-refractivity contribution >= 4 is 32.8 Å². The number of ether oxygens (including phenoxy) is 1. The lowest BCUT2D eigenvalue weighted by atomic mass is 9.82. The van der Waals surface area contributed by atoms with Gasteiger partial charge in [-0.25, -0.2) is 15.0 Å². The summed E-state index contributed by atoms with van der Waals surface area (Å²) in [5.74, 6) is 0.314. The third-order valence-electron chi connectivity index (χ3n) is 4.19. The van der Waals surface area contributed by atoms with E-state index < -0.39 is 0 Å². The van der Waals surface area contributed by atoms with Crippen LogP contribution in [0.1, 0.15) is 6.42 Å². The number of piperidine rings is 1. The highest BCUT2D eigenvalue weighted by atomic mass is 32.1. The topological polar surface area (TPSA) is 71.4 Å². The highest BCUT2D eigenvalue weighted by molar-refractivity contribution is 7.21. The summed E-state index contributed by atoms with van der Waals surface area (Å²) in [7, 11) is 0. The summed E-state index contributed by atoms with van der Waals surface area (Å²) in [4.78, 5) is 14.2. The predicted octanol–water partition coefficient (Wildman–Crippen LogP) is 2.02. The maximum Gasteiger partial charge on any atom is 0.291 e. The Balaban J connectivity index is 1.51. The number of amidine groups is 1. The Kier molecular flexibility index (Phi) is 3.31. The summed E-state index contributed by atoms with van der Waals surface area (Å²) >= 11 is 1.50. The van der Waals surface area contributed by atoms with Gasteiger partial charge < -0.3 is 10.1 Å². The third kappa shape index (κ3) is 2.26. The van der Waals surface area contributed by atoms with Crippen LogP contribution in [0.25, 0.3) is 10.3 Å². The number of thiazole rings is 1. The Labute approximate surface area is 132 Å². The first-order valence-electron chi connectivity index (χ1n) is 7.34. The van der Waals surface area contributed by atoms with Gasteiger partial charge in [-0.05, 0) is 25.1 Å². The third-order valence-corrected chi connectivity index (χ3v) is 5.08. The lowest BCUT2D eigenvalue weighted by Crippen LogP contribution is -2.54. The fourth-order valence-corrected chi connectivity index (χ4v) is 3.81. The molecule has 0 radical (unpaired) electrons. The minimum Gasteiger partial charge on any atom is -0.454 e. The summed E-state index contributed by atoms with van der Waals surface area (Å²) < 4.78 is 6.14. The van der Waals surface area contributed by atoms with Crippen molar-refractivity contribution in [2.24, 2.45) is 10.9 Å². The van der Waals surface area contributed by atoms with E-state index in [0.29, 0.717) is 18.5 Å².